The highest BCUT2D eigenvalue weighted by molar-refractivity contribution is 5.75. The molecule has 0 aromatic heterocycles. The van der Waals surface area contributed by atoms with Crippen LogP contribution in [0, 0.1) is 6.07 Å². The van der Waals surface area contributed by atoms with E-state index in [4.69, 9.17) is 0 Å². The van der Waals surface area contributed by atoms with E-state index in [0.717, 1.165) is 13.1 Å². The van der Waals surface area contributed by atoms with Crippen LogP contribution in [0.25, 0.3) is 0 Å². The first-order valence-corrected chi connectivity index (χ1v) is 7.56. The summed E-state index contributed by atoms with van der Waals surface area (Å²) in [6, 6.07) is 16.3. The van der Waals surface area contributed by atoms with Crippen molar-refractivity contribution in [2.75, 3.05) is 23.3 Å². The van der Waals surface area contributed by atoms with E-state index in [1.165, 1.54) is 53.9 Å². The third-order valence-electron chi connectivity index (χ3n) is 4.40. The first-order valence-electron chi connectivity index (χ1n) is 7.56. The number of hydrogen-bond donors (Lipinski definition) is 1. The smallest absolute Gasteiger partial charge is 0.0464 e. The van der Waals surface area contributed by atoms with Crippen molar-refractivity contribution in [2.45, 2.75) is 25.7 Å². The third-order valence-corrected chi connectivity index (χ3v) is 4.40. The summed E-state index contributed by atoms with van der Waals surface area (Å²) in [7, 11) is 0. The monoisotopic (exact) mass is 263 g/mol. The zero-order chi connectivity index (χ0) is 13.4. The highest BCUT2D eigenvalue weighted by Gasteiger charge is 2.22. The minimum atomic E-state index is 1.10. The summed E-state index contributed by atoms with van der Waals surface area (Å²) in [6.07, 6.45) is 4.81. The van der Waals surface area contributed by atoms with Gasteiger partial charge in [0.25, 0.3) is 0 Å². The lowest BCUT2D eigenvalue weighted by atomic mass is 9.96. The van der Waals surface area contributed by atoms with Crippen molar-refractivity contribution < 1.29 is 0 Å². The molecule has 2 aromatic rings. The summed E-state index contributed by atoms with van der Waals surface area (Å²) in [5.74, 6) is 0. The lowest BCUT2D eigenvalue weighted by molar-refractivity contribution is 0.756. The number of rotatable bonds is 1. The summed E-state index contributed by atoms with van der Waals surface area (Å²) in [5.41, 5.74) is 7.00. The van der Waals surface area contributed by atoms with Gasteiger partial charge in [0.15, 0.2) is 0 Å². The average molecular weight is 263 g/mol. The van der Waals surface area contributed by atoms with Gasteiger partial charge >= 0.3 is 0 Å². The van der Waals surface area contributed by atoms with E-state index in [-0.39, 0.29) is 0 Å². The molecule has 0 fully saturated rings. The molecule has 2 heteroatoms. The number of nitrogens with one attached hydrogen (secondary N) is 1. The van der Waals surface area contributed by atoms with E-state index in [1.807, 2.05) is 6.07 Å². The van der Waals surface area contributed by atoms with Gasteiger partial charge in [-0.1, -0.05) is 12.1 Å². The van der Waals surface area contributed by atoms with Crippen molar-refractivity contribution in [3.63, 3.8) is 0 Å². The van der Waals surface area contributed by atoms with Gasteiger partial charge in [-0.05, 0) is 67.1 Å². The lowest BCUT2D eigenvalue weighted by Gasteiger charge is -2.34. The maximum Gasteiger partial charge on any atom is 0.0464 e. The van der Waals surface area contributed by atoms with Gasteiger partial charge in [-0.15, -0.1) is 0 Å². The molecule has 0 saturated heterocycles. The highest BCUT2D eigenvalue weighted by atomic mass is 15.1. The van der Waals surface area contributed by atoms with Crippen LogP contribution in [0.2, 0.25) is 0 Å². The summed E-state index contributed by atoms with van der Waals surface area (Å²) in [5, 5.41) is 3.53. The van der Waals surface area contributed by atoms with Crippen molar-refractivity contribution in [1.29, 1.82) is 0 Å². The van der Waals surface area contributed by atoms with Crippen LogP contribution < -0.4 is 10.2 Å². The molecule has 4 rings (SSSR count). The number of benzene rings is 2. The molecule has 2 heterocycles. The van der Waals surface area contributed by atoms with Crippen LogP contribution in [0.4, 0.5) is 17.1 Å². The second-order valence-corrected chi connectivity index (χ2v) is 5.64. The first-order chi connectivity index (χ1) is 9.93. The Hall–Kier alpha value is -1.96. The Morgan fingerprint density at radius 1 is 1.05 bits per heavy atom. The maximum atomic E-state index is 3.53. The normalized spacial score (nSPS) is 17.1. The lowest BCUT2D eigenvalue weighted by Crippen LogP contribution is -2.26. The Morgan fingerprint density at radius 2 is 2.05 bits per heavy atom. The molecule has 0 unspecified atom stereocenters. The average Bonchev–Trinajstić information content (AvgIpc) is 2.54. The van der Waals surface area contributed by atoms with Crippen molar-refractivity contribution >= 4 is 17.1 Å². The fourth-order valence-corrected chi connectivity index (χ4v) is 3.46. The number of hydrogen-bond acceptors (Lipinski definition) is 2. The summed E-state index contributed by atoms with van der Waals surface area (Å²) in [6.45, 7) is 2.22. The van der Waals surface area contributed by atoms with Gasteiger partial charge in [0.2, 0.25) is 0 Å². The molecule has 20 heavy (non-hydrogen) atoms. The minimum Gasteiger partial charge on any atom is -0.385 e. The van der Waals surface area contributed by atoms with E-state index >= 15 is 0 Å². The van der Waals surface area contributed by atoms with E-state index in [2.05, 4.69) is 46.6 Å². The molecule has 1 radical (unpaired) electrons. The van der Waals surface area contributed by atoms with Crippen LogP contribution >= 0.6 is 0 Å². The van der Waals surface area contributed by atoms with E-state index in [0.29, 0.717) is 0 Å². The number of fused-ring (bicyclic) bond motifs is 2. The minimum absolute atomic E-state index is 1.10. The topological polar surface area (TPSA) is 15.3 Å². The zero-order valence-electron chi connectivity index (χ0n) is 11.7. The predicted molar refractivity (Wildman–Crippen MR) is 83.9 cm³/mol. The van der Waals surface area contributed by atoms with Gasteiger partial charge in [-0.2, -0.15) is 0 Å². The fourth-order valence-electron chi connectivity index (χ4n) is 3.46. The van der Waals surface area contributed by atoms with E-state index < -0.39 is 0 Å². The second kappa shape index (κ2) is 4.86. The Labute approximate surface area is 120 Å². The number of aryl methyl sites for hydroxylation is 1. The molecule has 0 atom stereocenters. The molecule has 1 N–H and O–H groups in total. The third kappa shape index (κ3) is 1.87. The van der Waals surface area contributed by atoms with E-state index in [1.54, 1.807) is 0 Å². The molecule has 0 bridgehead atoms. The second-order valence-electron chi connectivity index (χ2n) is 5.64. The summed E-state index contributed by atoms with van der Waals surface area (Å²) in [4.78, 5) is 2.50. The van der Waals surface area contributed by atoms with Gasteiger partial charge in [-0.25, -0.2) is 0 Å². The van der Waals surface area contributed by atoms with Crippen molar-refractivity contribution in [3.05, 3.63) is 53.6 Å². The summed E-state index contributed by atoms with van der Waals surface area (Å²) < 4.78 is 0. The van der Waals surface area contributed by atoms with Crippen LogP contribution in [-0.4, -0.2) is 13.1 Å². The van der Waals surface area contributed by atoms with Crippen LogP contribution in [0.15, 0.2) is 36.4 Å². The van der Waals surface area contributed by atoms with Gasteiger partial charge in [0, 0.05) is 30.2 Å². The Morgan fingerprint density at radius 3 is 3.05 bits per heavy atom. The predicted octanol–water partition coefficient (Wildman–Crippen LogP) is 3.93. The molecule has 0 aliphatic carbocycles. The largest absolute Gasteiger partial charge is 0.385 e. The Bertz CT molecular complexity index is 633. The van der Waals surface area contributed by atoms with Crippen LogP contribution in [0.1, 0.15) is 24.0 Å². The fraction of sp³-hybridized carbons (Fsp3) is 0.333. The van der Waals surface area contributed by atoms with Crippen molar-refractivity contribution in [2.24, 2.45) is 0 Å². The van der Waals surface area contributed by atoms with Crippen molar-refractivity contribution in [1.82, 2.24) is 0 Å². The molecule has 2 aliphatic rings. The summed E-state index contributed by atoms with van der Waals surface area (Å²) >= 11 is 0. The molecular formula is C18H19N2. The van der Waals surface area contributed by atoms with Gasteiger partial charge in [0.05, 0.1) is 0 Å². The molecule has 0 amide bonds. The maximum absolute atomic E-state index is 3.53. The zero-order valence-corrected chi connectivity index (χ0v) is 11.7. The van der Waals surface area contributed by atoms with Crippen LogP contribution in [0.5, 0.6) is 0 Å². The SMILES string of the molecule is [c]1ccc2c(c1)CCCN2c1cccc2c1CCCN2. The standard InChI is InChI=1S/C18H19N2/c1-2-10-17-14(6-1)7-5-13-20(17)18-11-3-9-16-15(18)8-4-12-19-16/h2-3,6,9-11,19H,4-5,7-8,12-13H2. The van der Waals surface area contributed by atoms with Crippen molar-refractivity contribution in [3.8, 4) is 0 Å². The van der Waals surface area contributed by atoms with Crippen LogP contribution in [0.3, 0.4) is 0 Å². The van der Waals surface area contributed by atoms with Gasteiger partial charge in [-0.3, -0.25) is 0 Å². The molecule has 2 nitrogen and oxygen atoms in total. The number of nitrogens with zero attached hydrogens (tertiary/aromatic N) is 1. The molecule has 2 aliphatic heterocycles. The molecule has 0 spiro atoms. The van der Waals surface area contributed by atoms with Gasteiger partial charge < -0.3 is 10.2 Å². The molecule has 101 valence electrons. The van der Waals surface area contributed by atoms with Crippen LogP contribution in [-0.2, 0) is 12.8 Å². The van der Waals surface area contributed by atoms with Gasteiger partial charge in [0.1, 0.15) is 0 Å². The molecular weight excluding hydrogens is 244 g/mol. The Balaban J connectivity index is 1.83. The quantitative estimate of drug-likeness (QED) is 0.838. The molecule has 2 aromatic carbocycles. The highest BCUT2D eigenvalue weighted by Crippen LogP contribution is 2.38. The number of anilines is 3. The molecule has 0 saturated carbocycles. The first kappa shape index (κ1) is 11.8. The Kier molecular flexibility index (Phi) is 2.87. The van der Waals surface area contributed by atoms with E-state index in [9.17, 15) is 0 Å².